The van der Waals surface area contributed by atoms with Gasteiger partial charge in [-0.25, -0.2) is 8.42 Å². The summed E-state index contributed by atoms with van der Waals surface area (Å²) in [4.78, 5) is 0. The highest BCUT2D eigenvalue weighted by atomic mass is 32.2. The molecule has 0 bridgehead atoms. The molecular weight excluding hydrogens is 263 g/mol. The van der Waals surface area contributed by atoms with E-state index in [1.807, 2.05) is 0 Å². The van der Waals surface area contributed by atoms with Gasteiger partial charge in [-0.3, -0.25) is 0 Å². The van der Waals surface area contributed by atoms with Crippen molar-refractivity contribution in [3.8, 4) is 0 Å². The van der Waals surface area contributed by atoms with Crippen molar-refractivity contribution in [2.45, 2.75) is 6.18 Å². The lowest BCUT2D eigenvalue weighted by Crippen LogP contribution is -2.43. The fourth-order valence-electron chi connectivity index (χ4n) is 0.962. The number of alkyl halides is 3. The zero-order valence-corrected chi connectivity index (χ0v) is 9.85. The van der Waals surface area contributed by atoms with Gasteiger partial charge in [-0.1, -0.05) is 5.16 Å². The van der Waals surface area contributed by atoms with Gasteiger partial charge in [-0.05, 0) is 0 Å². The van der Waals surface area contributed by atoms with Gasteiger partial charge >= 0.3 is 6.18 Å². The van der Waals surface area contributed by atoms with E-state index in [-0.39, 0.29) is 12.3 Å². The molecule has 4 N–H and O–H groups in total. The van der Waals surface area contributed by atoms with Gasteiger partial charge in [0.25, 0.3) is 0 Å². The van der Waals surface area contributed by atoms with Crippen molar-refractivity contribution in [1.29, 1.82) is 0 Å². The molecule has 17 heavy (non-hydrogen) atoms. The predicted molar refractivity (Wildman–Crippen MR) is 55.5 cm³/mol. The molecule has 0 aromatic heterocycles. The van der Waals surface area contributed by atoms with Gasteiger partial charge in [0, 0.05) is 19.3 Å². The molecule has 0 heterocycles. The van der Waals surface area contributed by atoms with Crippen LogP contribution in [0.3, 0.4) is 0 Å². The first-order valence-electron chi connectivity index (χ1n) is 4.50. The Bertz CT molecular complexity index is 366. The number of amidine groups is 1. The van der Waals surface area contributed by atoms with Crippen LogP contribution in [0.2, 0.25) is 0 Å². The number of hydrogen-bond acceptors (Lipinski definition) is 5. The maximum Gasteiger partial charge on any atom is 0.400 e. The van der Waals surface area contributed by atoms with Gasteiger partial charge in [-0.2, -0.15) is 13.2 Å². The highest BCUT2D eigenvalue weighted by Crippen LogP contribution is 2.25. The minimum absolute atomic E-state index is 0.135. The number of nitrogens with one attached hydrogen (secondary N) is 1. The van der Waals surface area contributed by atoms with Crippen LogP contribution in [0.25, 0.3) is 0 Å². The first kappa shape index (κ1) is 16.0. The van der Waals surface area contributed by atoms with Gasteiger partial charge < -0.3 is 16.3 Å². The average molecular weight is 277 g/mol. The summed E-state index contributed by atoms with van der Waals surface area (Å²) < 4.78 is 58.6. The van der Waals surface area contributed by atoms with Gasteiger partial charge in [0.05, 0.1) is 5.75 Å². The van der Waals surface area contributed by atoms with Crippen molar-refractivity contribution in [2.75, 3.05) is 25.1 Å². The molecule has 10 heteroatoms. The molecule has 0 aliphatic heterocycles. The second-order valence-corrected chi connectivity index (χ2v) is 5.71. The van der Waals surface area contributed by atoms with Crippen molar-refractivity contribution in [3.05, 3.63) is 0 Å². The topological polar surface area (TPSA) is 105 Å². The van der Waals surface area contributed by atoms with E-state index in [0.717, 1.165) is 6.26 Å². The van der Waals surface area contributed by atoms with Gasteiger partial charge in [0.15, 0.2) is 5.84 Å². The molecule has 1 atom stereocenters. The summed E-state index contributed by atoms with van der Waals surface area (Å²) in [5.41, 5.74) is 4.89. The van der Waals surface area contributed by atoms with E-state index >= 15 is 0 Å². The summed E-state index contributed by atoms with van der Waals surface area (Å²) in [7, 11) is -3.24. The summed E-state index contributed by atoms with van der Waals surface area (Å²) in [6, 6.07) is 0. The Hall–Kier alpha value is -1.03. The fraction of sp³-hybridized carbons (Fsp3) is 0.857. The van der Waals surface area contributed by atoms with Crippen LogP contribution < -0.4 is 11.1 Å². The lowest BCUT2D eigenvalue weighted by Gasteiger charge is -2.19. The van der Waals surface area contributed by atoms with E-state index in [1.165, 1.54) is 0 Å². The lowest BCUT2D eigenvalue weighted by molar-refractivity contribution is -0.154. The third kappa shape index (κ3) is 7.00. The van der Waals surface area contributed by atoms with Gasteiger partial charge in [0.1, 0.15) is 15.8 Å². The zero-order valence-electron chi connectivity index (χ0n) is 9.03. The number of hydrogen-bond donors (Lipinski definition) is 3. The highest BCUT2D eigenvalue weighted by molar-refractivity contribution is 7.90. The number of rotatable bonds is 6. The first-order valence-corrected chi connectivity index (χ1v) is 6.56. The fourth-order valence-corrected chi connectivity index (χ4v) is 1.48. The second kappa shape index (κ2) is 6.05. The van der Waals surface area contributed by atoms with E-state index in [9.17, 15) is 21.6 Å². The van der Waals surface area contributed by atoms with Crippen LogP contribution in [0.1, 0.15) is 0 Å². The Balaban J connectivity index is 4.30. The number of halogens is 3. The van der Waals surface area contributed by atoms with Crippen molar-refractivity contribution < 1.29 is 26.8 Å². The molecule has 0 aromatic carbocycles. The van der Waals surface area contributed by atoms with Crippen LogP contribution in [0.4, 0.5) is 13.2 Å². The Labute approximate surface area is 96.6 Å². The first-order chi connectivity index (χ1) is 7.58. The molecule has 0 saturated carbocycles. The number of sulfone groups is 1. The monoisotopic (exact) mass is 277 g/mol. The molecule has 102 valence electrons. The summed E-state index contributed by atoms with van der Waals surface area (Å²) in [6.45, 7) is -0.779. The zero-order chi connectivity index (χ0) is 13.7. The van der Waals surface area contributed by atoms with Gasteiger partial charge in [0.2, 0.25) is 0 Å². The molecule has 1 unspecified atom stereocenters. The molecule has 0 aromatic rings. The van der Waals surface area contributed by atoms with E-state index in [1.54, 1.807) is 0 Å². The molecule has 0 amide bonds. The molecule has 6 nitrogen and oxygen atoms in total. The molecule has 0 radical (unpaired) electrons. The highest BCUT2D eigenvalue weighted by Gasteiger charge is 2.42. The SMILES string of the molecule is CS(=O)(=O)CCNCC(C(N)=NO)C(F)(F)F. The molecular formula is C7H14F3N3O3S. The number of oxime groups is 1. The van der Waals surface area contributed by atoms with Crippen LogP contribution in [0.15, 0.2) is 5.16 Å². The van der Waals surface area contributed by atoms with Crippen molar-refractivity contribution in [1.82, 2.24) is 5.32 Å². The average Bonchev–Trinajstić information content (AvgIpc) is 2.13. The molecule has 0 rings (SSSR count). The number of nitrogens with zero attached hydrogens (tertiary/aromatic N) is 1. The molecule has 0 spiro atoms. The maximum absolute atomic E-state index is 12.4. The quantitative estimate of drug-likeness (QED) is 0.200. The summed E-state index contributed by atoms with van der Waals surface area (Å²) in [5, 5.41) is 12.8. The molecule has 0 aliphatic carbocycles. The van der Waals surface area contributed by atoms with Crippen molar-refractivity contribution in [2.24, 2.45) is 16.8 Å². The maximum atomic E-state index is 12.4. The van der Waals surface area contributed by atoms with E-state index < -0.39 is 34.3 Å². The Morgan fingerprint density at radius 1 is 1.53 bits per heavy atom. The van der Waals surface area contributed by atoms with Crippen LogP contribution in [-0.2, 0) is 9.84 Å². The van der Waals surface area contributed by atoms with Crippen LogP contribution in [0, 0.1) is 5.92 Å². The van der Waals surface area contributed by atoms with Crippen LogP contribution in [0.5, 0.6) is 0 Å². The van der Waals surface area contributed by atoms with Crippen LogP contribution >= 0.6 is 0 Å². The number of nitrogens with two attached hydrogens (primary N) is 1. The minimum atomic E-state index is -4.66. The van der Waals surface area contributed by atoms with Crippen molar-refractivity contribution >= 4 is 15.7 Å². The van der Waals surface area contributed by atoms with E-state index in [0.29, 0.717) is 0 Å². The molecule has 0 aliphatic rings. The third-order valence-electron chi connectivity index (χ3n) is 1.87. The van der Waals surface area contributed by atoms with Gasteiger partial charge in [-0.15, -0.1) is 0 Å². The smallest absolute Gasteiger partial charge is 0.400 e. The normalized spacial score (nSPS) is 15.9. The standard InChI is InChI=1S/C7H14F3N3O3S/c1-17(15,16)3-2-12-4-5(6(11)13-14)7(8,9)10/h5,12,14H,2-4H2,1H3,(H2,11,13). The summed E-state index contributed by atoms with van der Waals surface area (Å²) in [6.07, 6.45) is -3.69. The summed E-state index contributed by atoms with van der Waals surface area (Å²) >= 11 is 0. The second-order valence-electron chi connectivity index (χ2n) is 3.45. The Morgan fingerprint density at radius 2 is 2.06 bits per heavy atom. The molecule has 0 saturated heterocycles. The van der Waals surface area contributed by atoms with Crippen molar-refractivity contribution in [3.63, 3.8) is 0 Å². The molecule has 0 fully saturated rings. The Morgan fingerprint density at radius 3 is 2.41 bits per heavy atom. The van der Waals surface area contributed by atoms with E-state index in [4.69, 9.17) is 10.9 Å². The largest absolute Gasteiger partial charge is 0.409 e. The lowest BCUT2D eigenvalue weighted by atomic mass is 10.1. The third-order valence-corrected chi connectivity index (χ3v) is 2.81. The van der Waals surface area contributed by atoms with Crippen LogP contribution in [-0.4, -0.2) is 50.7 Å². The predicted octanol–water partition coefficient (Wildman–Crippen LogP) is -0.454. The summed E-state index contributed by atoms with van der Waals surface area (Å²) in [5.74, 6) is -3.40. The van der Waals surface area contributed by atoms with E-state index in [2.05, 4.69) is 10.5 Å². The minimum Gasteiger partial charge on any atom is -0.409 e. The Kier molecular flexibility index (Phi) is 5.69.